The van der Waals surface area contributed by atoms with Gasteiger partial charge < -0.3 is 10.1 Å². The second-order valence-corrected chi connectivity index (χ2v) is 3.83. The maximum Gasteiger partial charge on any atom is 0.416 e. The molecule has 0 spiro atoms. The minimum atomic E-state index is -4.66. The standard InChI is InChI=1S/C11H9F4NO2/c12-6-1-2-7(8(3-6)11(13,14)15)9-4-16-10(17)5-18-9/h1-3,9H,4-5H2,(H,16,17)/t9-/m1/s1. The predicted molar refractivity (Wildman–Crippen MR) is 53.1 cm³/mol. The van der Waals surface area contributed by atoms with Gasteiger partial charge in [0.15, 0.2) is 0 Å². The van der Waals surface area contributed by atoms with E-state index in [9.17, 15) is 22.4 Å². The molecule has 1 amide bonds. The van der Waals surface area contributed by atoms with E-state index in [1.807, 2.05) is 0 Å². The van der Waals surface area contributed by atoms with Gasteiger partial charge in [-0.3, -0.25) is 4.79 Å². The van der Waals surface area contributed by atoms with Gasteiger partial charge >= 0.3 is 6.18 Å². The van der Waals surface area contributed by atoms with E-state index < -0.39 is 23.7 Å². The number of rotatable bonds is 1. The molecule has 0 radical (unpaired) electrons. The highest BCUT2D eigenvalue weighted by molar-refractivity contribution is 5.77. The molecule has 1 atom stereocenters. The summed E-state index contributed by atoms with van der Waals surface area (Å²) in [6, 6.07) is 2.39. The Kier molecular flexibility index (Phi) is 3.25. The van der Waals surface area contributed by atoms with Crippen molar-refractivity contribution < 1.29 is 27.1 Å². The van der Waals surface area contributed by atoms with Crippen molar-refractivity contribution in [1.29, 1.82) is 0 Å². The van der Waals surface area contributed by atoms with Crippen LogP contribution in [0.4, 0.5) is 17.6 Å². The predicted octanol–water partition coefficient (Wildman–Crippen LogP) is 2.03. The Morgan fingerprint density at radius 2 is 2.06 bits per heavy atom. The van der Waals surface area contributed by atoms with Crippen LogP contribution in [-0.2, 0) is 15.7 Å². The second-order valence-electron chi connectivity index (χ2n) is 3.83. The molecule has 1 fully saturated rings. The number of alkyl halides is 3. The average molecular weight is 263 g/mol. The number of hydrogen-bond donors (Lipinski definition) is 1. The maximum absolute atomic E-state index is 12.9. The van der Waals surface area contributed by atoms with E-state index in [1.165, 1.54) is 0 Å². The molecule has 0 bridgehead atoms. The number of halogens is 4. The van der Waals surface area contributed by atoms with Gasteiger partial charge in [-0.25, -0.2) is 4.39 Å². The van der Waals surface area contributed by atoms with Crippen molar-refractivity contribution in [2.45, 2.75) is 12.3 Å². The topological polar surface area (TPSA) is 38.3 Å². The van der Waals surface area contributed by atoms with E-state index in [-0.39, 0.29) is 24.6 Å². The van der Waals surface area contributed by atoms with Gasteiger partial charge in [-0.1, -0.05) is 6.07 Å². The summed E-state index contributed by atoms with van der Waals surface area (Å²) in [5.41, 5.74) is -1.26. The van der Waals surface area contributed by atoms with Crippen LogP contribution < -0.4 is 5.32 Å². The zero-order valence-electron chi connectivity index (χ0n) is 9.05. The quantitative estimate of drug-likeness (QED) is 0.787. The smallest absolute Gasteiger partial charge is 0.362 e. The lowest BCUT2D eigenvalue weighted by Gasteiger charge is -2.26. The number of ether oxygens (including phenoxy) is 1. The van der Waals surface area contributed by atoms with Crippen LogP contribution >= 0.6 is 0 Å². The van der Waals surface area contributed by atoms with Crippen molar-refractivity contribution in [3.05, 3.63) is 35.1 Å². The van der Waals surface area contributed by atoms with Crippen LogP contribution in [-0.4, -0.2) is 19.1 Å². The summed E-state index contributed by atoms with van der Waals surface area (Å²) in [4.78, 5) is 10.9. The molecule has 2 rings (SSSR count). The molecule has 7 heteroatoms. The molecule has 3 nitrogen and oxygen atoms in total. The lowest BCUT2D eigenvalue weighted by atomic mass is 10.0. The fraction of sp³-hybridized carbons (Fsp3) is 0.364. The van der Waals surface area contributed by atoms with Crippen LogP contribution in [0.1, 0.15) is 17.2 Å². The third-order valence-corrected chi connectivity index (χ3v) is 2.57. The molecule has 0 aromatic heterocycles. The van der Waals surface area contributed by atoms with Gasteiger partial charge in [-0.05, 0) is 17.7 Å². The summed E-state index contributed by atoms with van der Waals surface area (Å²) < 4.78 is 56.2. The molecular formula is C11H9F4NO2. The molecule has 1 aromatic rings. The van der Waals surface area contributed by atoms with E-state index in [1.54, 1.807) is 0 Å². The second kappa shape index (κ2) is 4.56. The van der Waals surface area contributed by atoms with Gasteiger partial charge in [0.2, 0.25) is 5.91 Å². The third-order valence-electron chi connectivity index (χ3n) is 2.57. The first-order valence-corrected chi connectivity index (χ1v) is 5.13. The summed E-state index contributed by atoms with van der Waals surface area (Å²) >= 11 is 0. The van der Waals surface area contributed by atoms with Crippen LogP contribution in [0.25, 0.3) is 0 Å². The zero-order chi connectivity index (χ0) is 13.3. The van der Waals surface area contributed by atoms with Crippen molar-refractivity contribution in [2.75, 3.05) is 13.2 Å². The van der Waals surface area contributed by atoms with Gasteiger partial charge in [0.05, 0.1) is 5.56 Å². The number of carbonyl (C=O) groups excluding carboxylic acids is 1. The number of morpholine rings is 1. The minimum absolute atomic E-state index is 0.0620. The van der Waals surface area contributed by atoms with Crippen molar-refractivity contribution in [3.63, 3.8) is 0 Å². The van der Waals surface area contributed by atoms with Crippen LogP contribution in [0.3, 0.4) is 0 Å². The Hall–Kier alpha value is -1.63. The largest absolute Gasteiger partial charge is 0.416 e. The first-order chi connectivity index (χ1) is 8.38. The Morgan fingerprint density at radius 3 is 2.61 bits per heavy atom. The number of carbonyl (C=O) groups is 1. The maximum atomic E-state index is 12.9. The highest BCUT2D eigenvalue weighted by Crippen LogP contribution is 2.36. The van der Waals surface area contributed by atoms with Crippen molar-refractivity contribution in [1.82, 2.24) is 5.32 Å². The fourth-order valence-electron chi connectivity index (χ4n) is 1.75. The van der Waals surface area contributed by atoms with E-state index >= 15 is 0 Å². The van der Waals surface area contributed by atoms with Crippen LogP contribution in [0, 0.1) is 5.82 Å². The van der Waals surface area contributed by atoms with Gasteiger partial charge in [0, 0.05) is 6.54 Å². The molecule has 0 saturated carbocycles. The van der Waals surface area contributed by atoms with E-state index in [2.05, 4.69) is 5.32 Å². The Bertz CT molecular complexity index is 463. The molecule has 1 aliphatic rings. The van der Waals surface area contributed by atoms with Crippen molar-refractivity contribution in [2.24, 2.45) is 0 Å². The fourth-order valence-corrected chi connectivity index (χ4v) is 1.75. The van der Waals surface area contributed by atoms with E-state index in [4.69, 9.17) is 4.74 Å². The van der Waals surface area contributed by atoms with Gasteiger partial charge in [0.25, 0.3) is 0 Å². The number of benzene rings is 1. The molecule has 0 aliphatic carbocycles. The van der Waals surface area contributed by atoms with Crippen LogP contribution in [0.5, 0.6) is 0 Å². The lowest BCUT2D eigenvalue weighted by Crippen LogP contribution is -2.39. The minimum Gasteiger partial charge on any atom is -0.362 e. The summed E-state index contributed by atoms with van der Waals surface area (Å²) in [6.45, 7) is -0.368. The van der Waals surface area contributed by atoms with Gasteiger partial charge in [-0.2, -0.15) is 13.2 Å². The lowest BCUT2D eigenvalue weighted by molar-refractivity contribution is -0.141. The molecule has 0 unspecified atom stereocenters. The highest BCUT2D eigenvalue weighted by Gasteiger charge is 2.36. The molecule has 1 aliphatic heterocycles. The molecular weight excluding hydrogens is 254 g/mol. The normalized spacial score (nSPS) is 20.7. The molecule has 1 saturated heterocycles. The first kappa shape index (κ1) is 12.8. The SMILES string of the molecule is O=C1CO[C@@H](c2ccc(F)cc2C(F)(F)F)CN1. The molecule has 1 aromatic carbocycles. The van der Waals surface area contributed by atoms with Gasteiger partial charge in [0.1, 0.15) is 18.5 Å². The number of amides is 1. The molecule has 18 heavy (non-hydrogen) atoms. The van der Waals surface area contributed by atoms with Gasteiger partial charge in [-0.15, -0.1) is 0 Å². The van der Waals surface area contributed by atoms with Crippen LogP contribution in [0.2, 0.25) is 0 Å². The Balaban J connectivity index is 2.35. The van der Waals surface area contributed by atoms with Crippen molar-refractivity contribution in [3.8, 4) is 0 Å². The van der Waals surface area contributed by atoms with E-state index in [0.717, 1.165) is 12.1 Å². The summed E-state index contributed by atoms with van der Waals surface area (Å²) in [6.07, 6.45) is -5.58. The number of nitrogens with one attached hydrogen (secondary N) is 1. The highest BCUT2D eigenvalue weighted by atomic mass is 19.4. The molecule has 1 N–H and O–H groups in total. The Morgan fingerprint density at radius 1 is 1.33 bits per heavy atom. The van der Waals surface area contributed by atoms with Crippen molar-refractivity contribution >= 4 is 5.91 Å². The molecule has 1 heterocycles. The Labute approximate surface area is 99.7 Å². The number of hydrogen-bond acceptors (Lipinski definition) is 2. The summed E-state index contributed by atoms with van der Waals surface area (Å²) in [5.74, 6) is -1.35. The average Bonchev–Trinajstić information content (AvgIpc) is 2.29. The zero-order valence-corrected chi connectivity index (χ0v) is 9.05. The van der Waals surface area contributed by atoms with Crippen LogP contribution in [0.15, 0.2) is 18.2 Å². The van der Waals surface area contributed by atoms with E-state index in [0.29, 0.717) is 6.07 Å². The first-order valence-electron chi connectivity index (χ1n) is 5.13. The molecule has 98 valence electrons. The monoisotopic (exact) mass is 263 g/mol. The summed E-state index contributed by atoms with van der Waals surface area (Å²) in [5, 5.41) is 2.40. The summed E-state index contributed by atoms with van der Waals surface area (Å²) in [7, 11) is 0. The third kappa shape index (κ3) is 2.61.